The molecule has 2 rings (SSSR count). The molecule has 0 unspecified atom stereocenters. The van der Waals surface area contributed by atoms with Gasteiger partial charge in [0, 0.05) is 35.7 Å². The highest BCUT2D eigenvalue weighted by atomic mass is 35.5. The average Bonchev–Trinajstić information content (AvgIpc) is 2.64. The van der Waals surface area contributed by atoms with Gasteiger partial charge in [-0.25, -0.2) is 0 Å². The van der Waals surface area contributed by atoms with E-state index in [-0.39, 0.29) is 11.8 Å². The number of para-hydroxylation sites is 1. The van der Waals surface area contributed by atoms with Crippen LogP contribution in [-0.4, -0.2) is 37.8 Å². The van der Waals surface area contributed by atoms with Crippen LogP contribution in [0.1, 0.15) is 16.8 Å². The van der Waals surface area contributed by atoms with Crippen molar-refractivity contribution >= 4 is 40.9 Å². The first-order valence-corrected chi connectivity index (χ1v) is 9.51. The Hall–Kier alpha value is -2.02. The number of carbonyl (C=O) groups excluding carboxylic acids is 2. The minimum Gasteiger partial charge on any atom is -0.383 e. The van der Waals surface area contributed by atoms with Gasteiger partial charge in [0.2, 0.25) is 5.91 Å². The van der Waals surface area contributed by atoms with E-state index < -0.39 is 0 Å². The first-order chi connectivity index (χ1) is 12.6. The van der Waals surface area contributed by atoms with Crippen LogP contribution < -0.4 is 10.6 Å². The summed E-state index contributed by atoms with van der Waals surface area (Å²) in [5.74, 6) is 0.257. The fourth-order valence-corrected chi connectivity index (χ4v) is 3.13. The highest BCUT2D eigenvalue weighted by Gasteiger charge is 2.12. The first-order valence-electron chi connectivity index (χ1n) is 8.14. The summed E-state index contributed by atoms with van der Waals surface area (Å²) in [6, 6.07) is 14.4. The summed E-state index contributed by atoms with van der Waals surface area (Å²) in [5.41, 5.74) is 0.936. The molecule has 2 N–H and O–H groups in total. The number of anilines is 1. The van der Waals surface area contributed by atoms with Crippen molar-refractivity contribution in [2.24, 2.45) is 0 Å². The maximum atomic E-state index is 12.2. The molecule has 0 aliphatic heterocycles. The number of methoxy groups -OCH3 is 1. The van der Waals surface area contributed by atoms with Gasteiger partial charge in [-0.15, -0.1) is 11.8 Å². The normalized spacial score (nSPS) is 10.4. The molecule has 2 aromatic carbocycles. The van der Waals surface area contributed by atoms with Crippen molar-refractivity contribution in [2.75, 3.05) is 31.3 Å². The van der Waals surface area contributed by atoms with Crippen LogP contribution in [0.3, 0.4) is 0 Å². The Bertz CT molecular complexity index is 738. The van der Waals surface area contributed by atoms with Gasteiger partial charge in [0.1, 0.15) is 0 Å². The van der Waals surface area contributed by atoms with Crippen LogP contribution in [0, 0.1) is 0 Å². The van der Waals surface area contributed by atoms with Crippen molar-refractivity contribution in [3.8, 4) is 0 Å². The van der Waals surface area contributed by atoms with Gasteiger partial charge in [-0.1, -0.05) is 23.7 Å². The molecule has 2 amide bonds. The number of amides is 2. The molecule has 0 saturated carbocycles. The van der Waals surface area contributed by atoms with E-state index in [1.165, 1.54) is 0 Å². The van der Waals surface area contributed by atoms with E-state index >= 15 is 0 Å². The van der Waals surface area contributed by atoms with Crippen molar-refractivity contribution < 1.29 is 14.3 Å². The van der Waals surface area contributed by atoms with Gasteiger partial charge in [0.05, 0.1) is 17.9 Å². The van der Waals surface area contributed by atoms with Crippen LogP contribution in [0.2, 0.25) is 5.02 Å². The van der Waals surface area contributed by atoms with Gasteiger partial charge >= 0.3 is 0 Å². The largest absolute Gasteiger partial charge is 0.383 e. The molecule has 5 nitrogen and oxygen atoms in total. The van der Waals surface area contributed by atoms with E-state index in [0.29, 0.717) is 41.6 Å². The predicted molar refractivity (Wildman–Crippen MR) is 106 cm³/mol. The van der Waals surface area contributed by atoms with Crippen molar-refractivity contribution in [3.05, 3.63) is 59.1 Å². The third-order valence-electron chi connectivity index (χ3n) is 3.45. The Morgan fingerprint density at radius 1 is 1.12 bits per heavy atom. The maximum absolute atomic E-state index is 12.2. The molecule has 0 heterocycles. The summed E-state index contributed by atoms with van der Waals surface area (Å²) >= 11 is 7.43. The molecule has 0 radical (unpaired) electrons. The lowest BCUT2D eigenvalue weighted by molar-refractivity contribution is -0.115. The van der Waals surface area contributed by atoms with E-state index in [0.717, 1.165) is 4.90 Å². The molecular formula is C19H21ClN2O3S. The zero-order valence-corrected chi connectivity index (χ0v) is 16.0. The lowest BCUT2D eigenvalue weighted by Gasteiger charge is -2.11. The molecule has 0 atom stereocenters. The third-order valence-corrected chi connectivity index (χ3v) is 4.71. The average molecular weight is 393 g/mol. The second kappa shape index (κ2) is 10.9. The number of halogens is 1. The molecule has 2 aromatic rings. The topological polar surface area (TPSA) is 67.4 Å². The number of carbonyl (C=O) groups is 2. The van der Waals surface area contributed by atoms with Crippen LogP contribution >= 0.6 is 23.4 Å². The fourth-order valence-electron chi connectivity index (χ4n) is 2.16. The van der Waals surface area contributed by atoms with Crippen molar-refractivity contribution in [1.82, 2.24) is 5.32 Å². The van der Waals surface area contributed by atoms with E-state index in [9.17, 15) is 9.59 Å². The molecule has 0 fully saturated rings. The van der Waals surface area contributed by atoms with Gasteiger partial charge in [-0.3, -0.25) is 9.59 Å². The lowest BCUT2D eigenvalue weighted by atomic mass is 10.1. The highest BCUT2D eigenvalue weighted by Crippen LogP contribution is 2.21. The molecular weight excluding hydrogens is 372 g/mol. The number of nitrogens with one attached hydrogen (secondary N) is 2. The zero-order valence-electron chi connectivity index (χ0n) is 14.5. The van der Waals surface area contributed by atoms with Crippen LogP contribution in [0.25, 0.3) is 0 Å². The number of rotatable bonds is 9. The molecule has 26 heavy (non-hydrogen) atoms. The monoisotopic (exact) mass is 392 g/mol. The van der Waals surface area contributed by atoms with Gasteiger partial charge in [-0.05, 0) is 36.4 Å². The zero-order chi connectivity index (χ0) is 18.8. The second-order valence-electron chi connectivity index (χ2n) is 5.39. The first kappa shape index (κ1) is 20.3. The van der Waals surface area contributed by atoms with Crippen LogP contribution in [0.15, 0.2) is 53.4 Å². The molecule has 138 valence electrons. The molecule has 7 heteroatoms. The molecule has 0 spiro atoms. The Morgan fingerprint density at radius 2 is 1.85 bits per heavy atom. The summed E-state index contributed by atoms with van der Waals surface area (Å²) in [5, 5.41) is 6.25. The predicted octanol–water partition coefficient (Wildman–Crippen LogP) is 3.84. The number of thioether (sulfide) groups is 1. The van der Waals surface area contributed by atoms with E-state index in [4.69, 9.17) is 16.3 Å². The Balaban J connectivity index is 1.86. The summed E-state index contributed by atoms with van der Waals surface area (Å²) in [4.78, 5) is 25.5. The minimum atomic E-state index is -0.242. The Morgan fingerprint density at radius 3 is 2.58 bits per heavy atom. The van der Waals surface area contributed by atoms with Gasteiger partial charge in [-0.2, -0.15) is 0 Å². The van der Waals surface area contributed by atoms with E-state index in [1.54, 1.807) is 43.1 Å². The summed E-state index contributed by atoms with van der Waals surface area (Å²) in [6.45, 7) is 0.845. The second-order valence-corrected chi connectivity index (χ2v) is 7.00. The Kier molecular flexibility index (Phi) is 8.47. The van der Waals surface area contributed by atoms with Gasteiger partial charge in [0.15, 0.2) is 0 Å². The summed E-state index contributed by atoms with van der Waals surface area (Å²) in [6.07, 6.45) is 0.340. The minimum absolute atomic E-state index is 0.136. The smallest absolute Gasteiger partial charge is 0.253 e. The van der Waals surface area contributed by atoms with Gasteiger partial charge < -0.3 is 15.4 Å². The van der Waals surface area contributed by atoms with Crippen LogP contribution in [0.5, 0.6) is 0 Å². The number of ether oxygens (including phenoxy) is 1. The highest BCUT2D eigenvalue weighted by molar-refractivity contribution is 7.99. The quantitative estimate of drug-likeness (QED) is 0.502. The Labute approximate surface area is 162 Å². The number of hydrogen-bond donors (Lipinski definition) is 2. The van der Waals surface area contributed by atoms with Crippen molar-refractivity contribution in [3.63, 3.8) is 0 Å². The summed E-state index contributed by atoms with van der Waals surface area (Å²) in [7, 11) is 1.57. The third kappa shape index (κ3) is 6.71. The maximum Gasteiger partial charge on any atom is 0.253 e. The van der Waals surface area contributed by atoms with E-state index in [1.807, 2.05) is 24.3 Å². The molecule has 0 bridgehead atoms. The van der Waals surface area contributed by atoms with Gasteiger partial charge in [0.25, 0.3) is 5.91 Å². The molecule has 0 aliphatic rings. The number of hydrogen-bond acceptors (Lipinski definition) is 4. The number of benzene rings is 2. The van der Waals surface area contributed by atoms with E-state index in [2.05, 4.69) is 10.6 Å². The SMILES string of the molecule is COCCNC(=O)c1ccccc1NC(=O)CCSc1ccc(Cl)cc1. The van der Waals surface area contributed by atoms with Crippen LogP contribution in [0.4, 0.5) is 5.69 Å². The molecule has 0 aliphatic carbocycles. The van der Waals surface area contributed by atoms with Crippen LogP contribution in [-0.2, 0) is 9.53 Å². The standard InChI is InChI=1S/C19H21ClN2O3S/c1-25-12-11-21-19(24)16-4-2-3-5-17(16)22-18(23)10-13-26-15-8-6-14(20)7-9-15/h2-9H,10-13H2,1H3,(H,21,24)(H,22,23). The van der Waals surface area contributed by atoms with Crippen molar-refractivity contribution in [1.29, 1.82) is 0 Å². The molecule has 0 aromatic heterocycles. The fraction of sp³-hybridized carbons (Fsp3) is 0.263. The lowest BCUT2D eigenvalue weighted by Crippen LogP contribution is -2.28. The van der Waals surface area contributed by atoms with Crippen molar-refractivity contribution in [2.45, 2.75) is 11.3 Å². The molecule has 0 saturated heterocycles. The summed E-state index contributed by atoms with van der Waals surface area (Å²) < 4.78 is 4.92.